The summed E-state index contributed by atoms with van der Waals surface area (Å²) in [6.45, 7) is 3.30. The molecule has 47 heavy (non-hydrogen) atoms. The number of fused-ring (bicyclic) bond motifs is 5. The molecule has 1 aromatic carbocycles. The van der Waals surface area contributed by atoms with E-state index in [1.807, 2.05) is 15.9 Å². The lowest BCUT2D eigenvalue weighted by Gasteiger charge is -2.56. The van der Waals surface area contributed by atoms with Crippen molar-refractivity contribution in [2.45, 2.75) is 95.4 Å². The van der Waals surface area contributed by atoms with Gasteiger partial charge in [-0.3, -0.25) is 14.4 Å². The van der Waals surface area contributed by atoms with Gasteiger partial charge in [-0.25, -0.2) is 0 Å². The van der Waals surface area contributed by atoms with Crippen LogP contribution in [-0.4, -0.2) is 79.0 Å². The highest BCUT2D eigenvalue weighted by Gasteiger charge is 2.59. The van der Waals surface area contributed by atoms with Crippen LogP contribution in [0.2, 0.25) is 0 Å². The summed E-state index contributed by atoms with van der Waals surface area (Å²) < 4.78 is 11.2. The van der Waals surface area contributed by atoms with Crippen LogP contribution in [0.5, 0.6) is 5.75 Å². The molecule has 5 aliphatic rings. The number of piperidine rings is 1. The number of carbonyl (C=O) groups excluding carboxylic acids is 3. The normalized spacial score (nSPS) is 26.6. The van der Waals surface area contributed by atoms with Gasteiger partial charge in [-0.05, 0) is 87.5 Å². The van der Waals surface area contributed by atoms with E-state index >= 15 is 0 Å². The molecule has 1 aromatic heterocycles. The van der Waals surface area contributed by atoms with Gasteiger partial charge in [-0.1, -0.05) is 37.3 Å². The van der Waals surface area contributed by atoms with Gasteiger partial charge < -0.3 is 29.6 Å². The molecule has 0 spiro atoms. The van der Waals surface area contributed by atoms with Crippen molar-refractivity contribution in [1.82, 2.24) is 20.1 Å². The summed E-state index contributed by atoms with van der Waals surface area (Å²) in [5, 5.41) is 4.22. The van der Waals surface area contributed by atoms with Gasteiger partial charge in [0.15, 0.2) is 0 Å². The molecule has 0 radical (unpaired) electrons. The number of nitrogens with one attached hydrogen (secondary N) is 2. The monoisotopic (exact) mass is 644 g/mol. The van der Waals surface area contributed by atoms with Crippen LogP contribution in [0, 0.1) is 17.8 Å². The zero-order valence-corrected chi connectivity index (χ0v) is 28.1. The summed E-state index contributed by atoms with van der Waals surface area (Å²) >= 11 is 0. The highest BCUT2D eigenvalue weighted by Crippen LogP contribution is 2.54. The largest absolute Gasteiger partial charge is 0.497 e. The average molecular weight is 645 g/mol. The number of methoxy groups -OCH3 is 1. The number of aromatic nitrogens is 1. The number of benzene rings is 1. The molecule has 7 rings (SSSR count). The molecule has 2 N–H and O–H groups in total. The Hall–Kier alpha value is -3.33. The lowest BCUT2D eigenvalue weighted by molar-refractivity contribution is -0.169. The third kappa shape index (κ3) is 6.32. The van der Waals surface area contributed by atoms with Crippen molar-refractivity contribution < 1.29 is 23.9 Å². The van der Waals surface area contributed by atoms with Gasteiger partial charge in [-0.15, -0.1) is 0 Å². The number of H-pyrrole nitrogens is 1. The fourth-order valence-corrected chi connectivity index (χ4v) is 9.44. The van der Waals surface area contributed by atoms with Crippen LogP contribution in [0.15, 0.2) is 29.8 Å². The van der Waals surface area contributed by atoms with Crippen molar-refractivity contribution in [3.8, 4) is 5.75 Å². The minimum Gasteiger partial charge on any atom is -0.497 e. The molecule has 2 aliphatic carbocycles. The van der Waals surface area contributed by atoms with Gasteiger partial charge in [0, 0.05) is 55.1 Å². The summed E-state index contributed by atoms with van der Waals surface area (Å²) in [7, 11) is 1.69. The van der Waals surface area contributed by atoms with E-state index in [4.69, 9.17) is 9.47 Å². The van der Waals surface area contributed by atoms with E-state index in [0.717, 1.165) is 54.5 Å². The maximum Gasteiger partial charge on any atom is 0.228 e. The molecule has 3 atom stereocenters. The molecule has 4 heterocycles. The van der Waals surface area contributed by atoms with Crippen LogP contribution in [-0.2, 0) is 31.1 Å². The molecule has 2 aromatic rings. The van der Waals surface area contributed by atoms with Gasteiger partial charge in [0.2, 0.25) is 17.7 Å². The van der Waals surface area contributed by atoms with E-state index in [9.17, 15) is 14.4 Å². The summed E-state index contributed by atoms with van der Waals surface area (Å²) in [5.41, 5.74) is 3.87. The Morgan fingerprint density at radius 1 is 1.09 bits per heavy atom. The molecule has 9 heteroatoms. The molecule has 0 bridgehead atoms. The zero-order valence-electron chi connectivity index (χ0n) is 28.1. The van der Waals surface area contributed by atoms with Gasteiger partial charge in [0.1, 0.15) is 5.75 Å². The first kappa shape index (κ1) is 32.2. The van der Waals surface area contributed by atoms with Crippen LogP contribution in [0.4, 0.5) is 0 Å². The molecule has 254 valence electrons. The third-order valence-corrected chi connectivity index (χ3v) is 11.9. The Balaban J connectivity index is 1.23. The predicted octanol–water partition coefficient (Wildman–Crippen LogP) is 5.62. The Labute approximate surface area is 278 Å². The van der Waals surface area contributed by atoms with Gasteiger partial charge in [-0.2, -0.15) is 0 Å². The van der Waals surface area contributed by atoms with Crippen LogP contribution in [0.3, 0.4) is 0 Å². The van der Waals surface area contributed by atoms with E-state index in [1.165, 1.54) is 49.7 Å². The second-order valence-electron chi connectivity index (χ2n) is 14.6. The average Bonchev–Trinajstić information content (AvgIpc) is 3.77. The predicted molar refractivity (Wildman–Crippen MR) is 181 cm³/mol. The third-order valence-electron chi connectivity index (χ3n) is 11.9. The fraction of sp³-hybridized carbons (Fsp3) is 0.658. The van der Waals surface area contributed by atoms with E-state index in [0.29, 0.717) is 58.2 Å². The summed E-state index contributed by atoms with van der Waals surface area (Å²) in [6.07, 6.45) is 15.8. The Kier molecular flexibility index (Phi) is 9.62. The fourth-order valence-electron chi connectivity index (χ4n) is 9.44. The Morgan fingerprint density at radius 3 is 2.68 bits per heavy atom. The van der Waals surface area contributed by atoms with Gasteiger partial charge in [0.05, 0.1) is 31.8 Å². The van der Waals surface area contributed by atoms with Crippen LogP contribution in [0.1, 0.15) is 94.7 Å². The number of rotatable bonds is 10. The smallest absolute Gasteiger partial charge is 0.228 e. The first-order valence-electron chi connectivity index (χ1n) is 18.3. The molecule has 3 amide bonds. The molecule has 3 fully saturated rings. The van der Waals surface area contributed by atoms with E-state index in [1.54, 1.807) is 7.11 Å². The van der Waals surface area contributed by atoms with E-state index in [2.05, 4.69) is 28.5 Å². The van der Waals surface area contributed by atoms with Crippen molar-refractivity contribution in [3.63, 3.8) is 0 Å². The van der Waals surface area contributed by atoms with Crippen molar-refractivity contribution in [1.29, 1.82) is 0 Å². The molecular formula is C38H52N4O5. The number of allylic oxidation sites excluding steroid dienone is 1. The standard InChI is InChI=1S/C38H52N4O5/c1-46-29-11-12-33-31(25-29)30-15-18-42-36(44)28(24-34(43)39-17-14-27-7-3-2-4-8-27)23-32(37(45)41-19-21-47-22-20-41)38(42,35(30)40-33)16-13-26-9-5-6-10-26/h7,11-12,25-26,28,32,40H,2-6,8-10,13-24H2,1H3,(H,39,43)/t28?,32-,38+/m1/s1. The maximum atomic E-state index is 14.8. The summed E-state index contributed by atoms with van der Waals surface area (Å²) in [5.74, 6) is 0.464. The first-order chi connectivity index (χ1) is 23.0. The van der Waals surface area contributed by atoms with Crippen molar-refractivity contribution in [2.24, 2.45) is 17.8 Å². The van der Waals surface area contributed by atoms with Crippen LogP contribution < -0.4 is 10.1 Å². The second-order valence-corrected chi connectivity index (χ2v) is 14.6. The Morgan fingerprint density at radius 2 is 1.91 bits per heavy atom. The number of hydrogen-bond acceptors (Lipinski definition) is 5. The zero-order chi connectivity index (χ0) is 32.4. The van der Waals surface area contributed by atoms with Crippen molar-refractivity contribution in [3.05, 3.63) is 41.1 Å². The van der Waals surface area contributed by atoms with Crippen LogP contribution in [0.25, 0.3) is 10.9 Å². The van der Waals surface area contributed by atoms with E-state index in [-0.39, 0.29) is 24.1 Å². The molecular weight excluding hydrogens is 592 g/mol. The highest BCUT2D eigenvalue weighted by atomic mass is 16.5. The number of ether oxygens (including phenoxy) is 2. The van der Waals surface area contributed by atoms with E-state index < -0.39 is 17.4 Å². The SMILES string of the molecule is COc1ccc2[nH]c3c(c2c1)CCN1C(=O)C(CC(=O)NCCC2=CCCCC2)C[C@H](C(=O)N2CCOCC2)[C@@]31CCC1CCCC1. The van der Waals surface area contributed by atoms with Crippen LogP contribution >= 0.6 is 0 Å². The summed E-state index contributed by atoms with van der Waals surface area (Å²) in [6, 6.07) is 6.11. The highest BCUT2D eigenvalue weighted by molar-refractivity contribution is 5.93. The Bertz CT molecular complexity index is 1500. The number of carbonyl (C=O) groups is 3. The van der Waals surface area contributed by atoms with Crippen molar-refractivity contribution >= 4 is 28.6 Å². The molecule has 3 aliphatic heterocycles. The van der Waals surface area contributed by atoms with Crippen molar-refractivity contribution in [2.75, 3.05) is 46.5 Å². The molecule has 1 unspecified atom stereocenters. The maximum absolute atomic E-state index is 14.8. The summed E-state index contributed by atoms with van der Waals surface area (Å²) in [4.78, 5) is 50.6. The number of nitrogens with zero attached hydrogens (tertiary/aromatic N) is 2. The second kappa shape index (κ2) is 14.0. The lowest BCUT2D eigenvalue weighted by Crippen LogP contribution is -2.66. The number of aromatic amines is 1. The van der Waals surface area contributed by atoms with Gasteiger partial charge >= 0.3 is 0 Å². The minimum absolute atomic E-state index is 0.0227. The lowest BCUT2D eigenvalue weighted by atomic mass is 9.64. The van der Waals surface area contributed by atoms with Gasteiger partial charge in [0.25, 0.3) is 0 Å². The molecule has 2 saturated heterocycles. The molecule has 1 saturated carbocycles. The number of morpholine rings is 1. The minimum atomic E-state index is -0.782. The topological polar surface area (TPSA) is 104 Å². The first-order valence-corrected chi connectivity index (χ1v) is 18.3. The quantitative estimate of drug-likeness (QED) is 0.327. The molecule has 9 nitrogen and oxygen atoms in total. The number of amides is 3. The number of hydrogen-bond donors (Lipinski definition) is 2.